The smallest absolute Gasteiger partial charge is 0.164 e. The highest BCUT2D eigenvalue weighted by molar-refractivity contribution is 5.47. The van der Waals surface area contributed by atoms with Gasteiger partial charge >= 0.3 is 0 Å². The van der Waals surface area contributed by atoms with Crippen LogP contribution in [0.5, 0.6) is 0 Å². The minimum atomic E-state index is -0.435. The highest BCUT2D eigenvalue weighted by atomic mass is 19.1. The molecule has 7 heteroatoms. The van der Waals surface area contributed by atoms with Crippen molar-refractivity contribution in [1.82, 2.24) is 15.0 Å². The maximum absolute atomic E-state index is 14.0. The molecule has 126 valence electrons. The van der Waals surface area contributed by atoms with Crippen LogP contribution in [0.2, 0.25) is 0 Å². The Bertz CT molecular complexity index is 700. The molecule has 24 heavy (non-hydrogen) atoms. The third kappa shape index (κ3) is 2.91. The Morgan fingerprint density at radius 2 is 1.88 bits per heavy atom. The van der Waals surface area contributed by atoms with E-state index in [9.17, 15) is 9.50 Å². The van der Waals surface area contributed by atoms with Crippen LogP contribution in [-0.2, 0) is 0 Å². The first-order valence-corrected chi connectivity index (χ1v) is 8.26. The number of halogens is 1. The molecule has 4 rings (SSSR count). The van der Waals surface area contributed by atoms with Gasteiger partial charge in [0, 0.05) is 31.7 Å². The molecule has 0 bridgehead atoms. The molecule has 6 nitrogen and oxygen atoms in total. The average molecular weight is 329 g/mol. The van der Waals surface area contributed by atoms with Gasteiger partial charge in [0.25, 0.3) is 0 Å². The molecule has 4 atom stereocenters. The monoisotopic (exact) mass is 329 g/mol. The molecule has 1 aliphatic heterocycles. The molecule has 1 saturated heterocycles. The zero-order valence-electron chi connectivity index (χ0n) is 13.2. The summed E-state index contributed by atoms with van der Waals surface area (Å²) >= 11 is 0. The van der Waals surface area contributed by atoms with Gasteiger partial charge < -0.3 is 15.3 Å². The number of nitrogens with one attached hydrogen (secondary N) is 1. The normalized spacial score (nSPS) is 29.3. The largest absolute Gasteiger partial charge is 0.391 e. The SMILES string of the molecule is O[C@@H]1C[C@H]2CN(c3ccncc3F)C[C@H]2C[C@H]1Nc1cnccn1. The summed E-state index contributed by atoms with van der Waals surface area (Å²) in [6, 6.07) is 1.67. The van der Waals surface area contributed by atoms with Crippen LogP contribution in [0.3, 0.4) is 0 Å². The highest BCUT2D eigenvalue weighted by Crippen LogP contribution is 2.39. The summed E-state index contributed by atoms with van der Waals surface area (Å²) in [7, 11) is 0. The molecule has 2 N–H and O–H groups in total. The molecule has 3 heterocycles. The minimum absolute atomic E-state index is 0.0508. The Morgan fingerprint density at radius 3 is 2.62 bits per heavy atom. The number of pyridine rings is 1. The van der Waals surface area contributed by atoms with Crippen LogP contribution in [-0.4, -0.2) is 45.3 Å². The molecule has 2 aliphatic rings. The molecule has 0 aromatic carbocycles. The van der Waals surface area contributed by atoms with Crippen LogP contribution in [0, 0.1) is 17.7 Å². The molecule has 0 amide bonds. The van der Waals surface area contributed by atoms with E-state index in [-0.39, 0.29) is 11.9 Å². The zero-order chi connectivity index (χ0) is 16.5. The van der Waals surface area contributed by atoms with Gasteiger partial charge in [-0.15, -0.1) is 0 Å². The second-order valence-corrected chi connectivity index (χ2v) is 6.63. The number of rotatable bonds is 3. The second kappa shape index (κ2) is 6.32. The van der Waals surface area contributed by atoms with Gasteiger partial charge in [-0.3, -0.25) is 9.97 Å². The summed E-state index contributed by atoms with van der Waals surface area (Å²) in [6.07, 6.45) is 8.90. The maximum atomic E-state index is 14.0. The lowest BCUT2D eigenvalue weighted by Crippen LogP contribution is -2.43. The fraction of sp³-hybridized carbons (Fsp3) is 0.471. The van der Waals surface area contributed by atoms with Crippen molar-refractivity contribution in [3.05, 3.63) is 42.9 Å². The van der Waals surface area contributed by atoms with Crippen molar-refractivity contribution in [1.29, 1.82) is 0 Å². The summed E-state index contributed by atoms with van der Waals surface area (Å²) < 4.78 is 14.0. The lowest BCUT2D eigenvalue weighted by atomic mass is 9.77. The van der Waals surface area contributed by atoms with Crippen molar-refractivity contribution < 1.29 is 9.50 Å². The third-order valence-corrected chi connectivity index (χ3v) is 5.13. The number of hydrogen-bond acceptors (Lipinski definition) is 6. The molecule has 0 radical (unpaired) electrons. The third-order valence-electron chi connectivity index (χ3n) is 5.13. The minimum Gasteiger partial charge on any atom is -0.391 e. The zero-order valence-corrected chi connectivity index (χ0v) is 13.2. The van der Waals surface area contributed by atoms with Crippen LogP contribution in [0.15, 0.2) is 37.1 Å². The topological polar surface area (TPSA) is 74.2 Å². The summed E-state index contributed by atoms with van der Waals surface area (Å²) in [6.45, 7) is 1.58. The number of fused-ring (bicyclic) bond motifs is 1. The van der Waals surface area contributed by atoms with Crippen LogP contribution < -0.4 is 10.2 Å². The van der Waals surface area contributed by atoms with Crippen molar-refractivity contribution in [2.75, 3.05) is 23.3 Å². The fourth-order valence-corrected chi connectivity index (χ4v) is 3.97. The predicted octanol–water partition coefficient (Wildman–Crippen LogP) is 1.70. The van der Waals surface area contributed by atoms with Crippen LogP contribution >= 0.6 is 0 Å². The van der Waals surface area contributed by atoms with Crippen LogP contribution in [0.4, 0.5) is 15.9 Å². The maximum Gasteiger partial charge on any atom is 0.164 e. The van der Waals surface area contributed by atoms with E-state index in [1.807, 2.05) is 0 Å². The van der Waals surface area contributed by atoms with Crippen molar-refractivity contribution in [2.45, 2.75) is 25.0 Å². The molecule has 0 spiro atoms. The van der Waals surface area contributed by atoms with Gasteiger partial charge in [0.1, 0.15) is 5.82 Å². The van der Waals surface area contributed by atoms with Gasteiger partial charge in [-0.25, -0.2) is 9.37 Å². The summed E-state index contributed by atoms with van der Waals surface area (Å²) in [5.74, 6) is 1.20. The molecule has 0 unspecified atom stereocenters. The van der Waals surface area contributed by atoms with Gasteiger partial charge in [0.15, 0.2) is 5.82 Å². The second-order valence-electron chi connectivity index (χ2n) is 6.63. The van der Waals surface area contributed by atoms with Gasteiger partial charge in [-0.1, -0.05) is 0 Å². The first kappa shape index (κ1) is 15.3. The Balaban J connectivity index is 1.46. The van der Waals surface area contributed by atoms with E-state index in [2.05, 4.69) is 25.2 Å². The standard InChI is InChI=1S/C17H20FN5O/c18-13-7-19-2-1-15(13)23-9-11-5-14(16(24)6-12(11)10-23)22-17-8-20-3-4-21-17/h1-4,7-8,11-12,14,16,24H,5-6,9-10H2,(H,21,22)/t11-,12+,14-,16-/m1/s1. The number of aliphatic hydroxyl groups is 1. The van der Waals surface area contributed by atoms with Crippen molar-refractivity contribution in [3.8, 4) is 0 Å². The number of aliphatic hydroxyl groups excluding tert-OH is 1. The molecular weight excluding hydrogens is 309 g/mol. The summed E-state index contributed by atoms with van der Waals surface area (Å²) in [4.78, 5) is 14.1. The molecule has 2 aromatic heterocycles. The van der Waals surface area contributed by atoms with E-state index in [0.717, 1.165) is 19.5 Å². The van der Waals surface area contributed by atoms with Crippen molar-refractivity contribution >= 4 is 11.5 Å². The number of hydrogen-bond donors (Lipinski definition) is 2. The van der Waals surface area contributed by atoms with Crippen molar-refractivity contribution in [3.63, 3.8) is 0 Å². The first-order chi connectivity index (χ1) is 11.7. The fourth-order valence-electron chi connectivity index (χ4n) is 3.97. The van der Waals surface area contributed by atoms with Crippen LogP contribution in [0.25, 0.3) is 0 Å². The van der Waals surface area contributed by atoms with Gasteiger partial charge in [-0.2, -0.15) is 0 Å². The predicted molar refractivity (Wildman–Crippen MR) is 88.1 cm³/mol. The van der Waals surface area contributed by atoms with E-state index in [0.29, 0.717) is 29.8 Å². The molecule has 2 aromatic rings. The molecule has 1 aliphatic carbocycles. The van der Waals surface area contributed by atoms with E-state index in [1.54, 1.807) is 30.9 Å². The number of nitrogens with zero attached hydrogens (tertiary/aromatic N) is 4. The van der Waals surface area contributed by atoms with Gasteiger partial charge in [0.2, 0.25) is 0 Å². The van der Waals surface area contributed by atoms with E-state index < -0.39 is 6.10 Å². The Kier molecular flexibility index (Phi) is 4.02. The first-order valence-electron chi connectivity index (χ1n) is 8.26. The number of aromatic nitrogens is 3. The molecule has 1 saturated carbocycles. The van der Waals surface area contributed by atoms with Crippen molar-refractivity contribution in [2.24, 2.45) is 11.8 Å². The summed E-state index contributed by atoms with van der Waals surface area (Å²) in [5, 5.41) is 13.8. The highest BCUT2D eigenvalue weighted by Gasteiger charge is 2.42. The van der Waals surface area contributed by atoms with E-state index >= 15 is 0 Å². The number of anilines is 2. The van der Waals surface area contributed by atoms with Gasteiger partial charge in [0.05, 0.1) is 30.2 Å². The van der Waals surface area contributed by atoms with E-state index in [1.165, 1.54) is 6.20 Å². The Morgan fingerprint density at radius 1 is 1.08 bits per heavy atom. The average Bonchev–Trinajstić information content (AvgIpc) is 2.99. The quantitative estimate of drug-likeness (QED) is 0.893. The molecular formula is C17H20FN5O. The van der Waals surface area contributed by atoms with E-state index in [4.69, 9.17) is 0 Å². The Labute approximate surface area is 139 Å². The Hall–Kier alpha value is -2.28. The summed E-state index contributed by atoms with van der Waals surface area (Å²) in [5.41, 5.74) is 0.604. The van der Waals surface area contributed by atoms with Crippen LogP contribution in [0.1, 0.15) is 12.8 Å². The van der Waals surface area contributed by atoms with Gasteiger partial charge in [-0.05, 0) is 30.7 Å². The lowest BCUT2D eigenvalue weighted by molar-refractivity contribution is 0.0737. The molecule has 2 fully saturated rings. The lowest BCUT2D eigenvalue weighted by Gasteiger charge is -2.35.